The number of aliphatic hydroxyl groups excluding tert-OH is 3. The van der Waals surface area contributed by atoms with E-state index in [-0.39, 0.29) is 11.9 Å². The molecule has 5 atom stereocenters. The number of nitrogens with zero attached hydrogens (tertiary/aromatic N) is 7. The molecule has 1 aliphatic rings. The van der Waals surface area contributed by atoms with E-state index in [1.807, 2.05) is 13.8 Å². The molecule has 0 amide bonds. The summed E-state index contributed by atoms with van der Waals surface area (Å²) >= 11 is 0. The van der Waals surface area contributed by atoms with Gasteiger partial charge in [0.05, 0.1) is 31.2 Å². The molecule has 1 saturated heterocycles. The Labute approximate surface area is 204 Å². The fourth-order valence-corrected chi connectivity index (χ4v) is 4.62. The van der Waals surface area contributed by atoms with E-state index in [1.54, 1.807) is 6.92 Å². The summed E-state index contributed by atoms with van der Waals surface area (Å²) in [6, 6.07) is 0.0794. The smallest absolute Gasteiger partial charge is 0.359 e. The van der Waals surface area contributed by atoms with Crippen molar-refractivity contribution in [1.29, 1.82) is 0 Å². The van der Waals surface area contributed by atoms with Crippen LogP contribution < -0.4 is 5.32 Å². The molecule has 1 fully saturated rings. The SMILES string of the molecule is Cc1nc(NC(C)C)c2cnn([C@@H]3O[C@H](CO[C@@](CO)(Cc4nn[nH]n4)P(=O)(O)O)[C@@H](O)[C@H]3O)c2n1. The maximum Gasteiger partial charge on any atom is 0.359 e. The second-order valence-electron chi connectivity index (χ2n) is 8.76. The number of nitrogens with one attached hydrogen (secondary N) is 2. The molecule has 198 valence electrons. The number of fused-ring (bicyclic) bond motifs is 1. The van der Waals surface area contributed by atoms with Crippen LogP contribution >= 0.6 is 7.60 Å². The van der Waals surface area contributed by atoms with Gasteiger partial charge in [0.1, 0.15) is 30.0 Å². The number of aromatic amines is 1. The standard InChI is InChI=1S/C18H28N9O8P/c1-8(2)20-15-10-5-19-27(16(10)22-9(3)21-15)17-14(30)13(29)11(35-17)6-34-18(7-28,36(31,32)33)4-12-23-25-26-24-12/h5,8,11,13-14,17,28-30H,4,6-7H2,1-3H3,(H,20,21,22)(H2,31,32,33)(H,23,24,25,26)/t11-,13-,14-,17-,18+/m1/s1. The van der Waals surface area contributed by atoms with Crippen molar-refractivity contribution in [3.05, 3.63) is 17.8 Å². The summed E-state index contributed by atoms with van der Waals surface area (Å²) in [7, 11) is -5.09. The van der Waals surface area contributed by atoms with Crippen molar-refractivity contribution in [3.8, 4) is 0 Å². The fraction of sp³-hybridized carbons (Fsp3) is 0.667. The van der Waals surface area contributed by atoms with Crippen molar-refractivity contribution in [2.45, 2.75) is 63.1 Å². The van der Waals surface area contributed by atoms with E-state index >= 15 is 0 Å². The van der Waals surface area contributed by atoms with Crippen LogP contribution in [0.15, 0.2) is 6.20 Å². The number of hydrogen-bond donors (Lipinski definition) is 7. The largest absolute Gasteiger partial charge is 0.393 e. The molecular formula is C18H28N9O8P. The second kappa shape index (κ2) is 10.0. The van der Waals surface area contributed by atoms with Gasteiger partial charge >= 0.3 is 7.60 Å². The average molecular weight is 529 g/mol. The predicted molar refractivity (Wildman–Crippen MR) is 120 cm³/mol. The number of aromatic nitrogens is 8. The van der Waals surface area contributed by atoms with E-state index < -0.39 is 57.1 Å². The monoisotopic (exact) mass is 529 g/mol. The molecule has 17 nitrogen and oxygen atoms in total. The molecule has 3 aromatic heterocycles. The zero-order valence-electron chi connectivity index (χ0n) is 19.6. The first-order valence-corrected chi connectivity index (χ1v) is 12.6. The molecule has 0 bridgehead atoms. The van der Waals surface area contributed by atoms with Crippen molar-refractivity contribution in [3.63, 3.8) is 0 Å². The van der Waals surface area contributed by atoms with Gasteiger partial charge in [-0.05, 0) is 20.8 Å². The average Bonchev–Trinajstić information content (AvgIpc) is 3.51. The van der Waals surface area contributed by atoms with Crippen LogP contribution in [0, 0.1) is 6.92 Å². The highest BCUT2D eigenvalue weighted by atomic mass is 31.2. The van der Waals surface area contributed by atoms with Crippen LogP contribution in [0.3, 0.4) is 0 Å². The number of H-pyrrole nitrogens is 1. The van der Waals surface area contributed by atoms with Crippen LogP contribution in [-0.2, 0) is 20.5 Å². The summed E-state index contributed by atoms with van der Waals surface area (Å²) in [4.78, 5) is 28.6. The van der Waals surface area contributed by atoms with Gasteiger partial charge in [0.25, 0.3) is 0 Å². The van der Waals surface area contributed by atoms with Crippen LogP contribution in [0.25, 0.3) is 11.0 Å². The molecule has 0 radical (unpaired) electrons. The number of tetrazole rings is 1. The lowest BCUT2D eigenvalue weighted by Gasteiger charge is -2.32. The Kier molecular flexibility index (Phi) is 7.36. The van der Waals surface area contributed by atoms with Gasteiger partial charge in [0, 0.05) is 6.04 Å². The molecule has 4 rings (SSSR count). The first kappa shape index (κ1) is 26.4. The minimum Gasteiger partial charge on any atom is -0.393 e. The number of anilines is 1. The summed E-state index contributed by atoms with van der Waals surface area (Å²) in [6.07, 6.45) is -4.49. The lowest BCUT2D eigenvalue weighted by Crippen LogP contribution is -2.43. The van der Waals surface area contributed by atoms with Gasteiger partial charge in [-0.25, -0.2) is 14.6 Å². The predicted octanol–water partition coefficient (Wildman–Crippen LogP) is -1.79. The van der Waals surface area contributed by atoms with Crippen LogP contribution in [0.2, 0.25) is 0 Å². The molecular weight excluding hydrogens is 501 g/mol. The molecule has 1 aliphatic heterocycles. The van der Waals surface area contributed by atoms with Crippen LogP contribution in [0.5, 0.6) is 0 Å². The third-order valence-corrected chi connectivity index (χ3v) is 7.18. The molecule has 36 heavy (non-hydrogen) atoms. The normalized spacial score (nSPS) is 24.5. The Hall–Kier alpha value is -2.63. The molecule has 18 heteroatoms. The number of rotatable bonds is 10. The number of aliphatic hydroxyl groups is 3. The van der Waals surface area contributed by atoms with E-state index in [2.05, 4.69) is 41.0 Å². The first-order valence-electron chi connectivity index (χ1n) is 11.0. The summed E-state index contributed by atoms with van der Waals surface area (Å²) < 4.78 is 24.8. The highest BCUT2D eigenvalue weighted by Crippen LogP contribution is 2.52. The van der Waals surface area contributed by atoms with E-state index in [4.69, 9.17) is 9.47 Å². The maximum absolute atomic E-state index is 12.2. The molecule has 0 unspecified atom stereocenters. The van der Waals surface area contributed by atoms with Crippen molar-refractivity contribution >= 4 is 24.4 Å². The van der Waals surface area contributed by atoms with Gasteiger partial charge in [-0.1, -0.05) is 5.21 Å². The van der Waals surface area contributed by atoms with Gasteiger partial charge in [-0.2, -0.15) is 10.3 Å². The lowest BCUT2D eigenvalue weighted by molar-refractivity contribution is -0.109. The van der Waals surface area contributed by atoms with Gasteiger partial charge in [0.15, 0.2) is 23.0 Å². The van der Waals surface area contributed by atoms with Crippen molar-refractivity contribution in [1.82, 2.24) is 40.4 Å². The topological polar surface area (TPSA) is 247 Å². The Morgan fingerprint density at radius 2 is 2.06 bits per heavy atom. The third kappa shape index (κ3) is 4.96. The molecule has 0 saturated carbocycles. The maximum atomic E-state index is 12.2. The van der Waals surface area contributed by atoms with Gasteiger partial charge in [-0.15, -0.1) is 10.2 Å². The Morgan fingerprint density at radius 1 is 1.31 bits per heavy atom. The molecule has 0 aromatic carbocycles. The van der Waals surface area contributed by atoms with Crippen molar-refractivity contribution in [2.24, 2.45) is 0 Å². The minimum atomic E-state index is -5.09. The lowest BCUT2D eigenvalue weighted by atomic mass is 10.1. The van der Waals surface area contributed by atoms with Gasteiger partial charge < -0.3 is 39.9 Å². The molecule has 7 N–H and O–H groups in total. The van der Waals surface area contributed by atoms with Crippen molar-refractivity contribution in [2.75, 3.05) is 18.5 Å². The number of hydrogen-bond acceptors (Lipinski definition) is 13. The molecule has 4 heterocycles. The van der Waals surface area contributed by atoms with Crippen LogP contribution in [0.4, 0.5) is 5.82 Å². The van der Waals surface area contributed by atoms with Gasteiger partial charge in [-0.3, -0.25) is 4.57 Å². The molecule has 0 aliphatic carbocycles. The van der Waals surface area contributed by atoms with Crippen LogP contribution in [-0.4, -0.2) is 108 Å². The van der Waals surface area contributed by atoms with E-state index in [0.29, 0.717) is 22.7 Å². The quantitative estimate of drug-likeness (QED) is 0.143. The number of ether oxygens (including phenoxy) is 2. The summed E-state index contributed by atoms with van der Waals surface area (Å²) in [5, 5.41) is 49.6. The minimum absolute atomic E-state index is 0.0794. The molecule has 0 spiro atoms. The van der Waals surface area contributed by atoms with Crippen LogP contribution in [0.1, 0.15) is 31.7 Å². The first-order chi connectivity index (χ1) is 17.0. The Morgan fingerprint density at radius 3 is 2.67 bits per heavy atom. The van der Waals surface area contributed by atoms with E-state index in [1.165, 1.54) is 10.9 Å². The highest BCUT2D eigenvalue weighted by Gasteiger charge is 2.52. The van der Waals surface area contributed by atoms with E-state index in [9.17, 15) is 29.7 Å². The zero-order chi connectivity index (χ0) is 26.3. The van der Waals surface area contributed by atoms with Crippen molar-refractivity contribution < 1.29 is 39.1 Å². The Balaban J connectivity index is 1.57. The summed E-state index contributed by atoms with van der Waals surface area (Å²) in [6.45, 7) is 3.90. The fourth-order valence-electron chi connectivity index (χ4n) is 3.85. The second-order valence-corrected chi connectivity index (χ2v) is 10.7. The zero-order valence-corrected chi connectivity index (χ0v) is 20.5. The summed E-state index contributed by atoms with van der Waals surface area (Å²) in [5.74, 6) is 0.876. The van der Waals surface area contributed by atoms with E-state index in [0.717, 1.165) is 0 Å². The third-order valence-electron chi connectivity index (χ3n) is 5.69. The van der Waals surface area contributed by atoms with Gasteiger partial charge in [0.2, 0.25) is 0 Å². The highest BCUT2D eigenvalue weighted by molar-refractivity contribution is 7.53. The number of aryl methyl sites for hydroxylation is 1. The summed E-state index contributed by atoms with van der Waals surface area (Å²) in [5.41, 5.74) is 0.348. The Bertz CT molecular complexity index is 1230. The molecule has 3 aromatic rings.